The molecule has 8 nitrogen and oxygen atoms in total. The second-order valence-corrected chi connectivity index (χ2v) is 7.38. The average molecular weight is 471 g/mol. The third-order valence-electron chi connectivity index (χ3n) is 5.26. The zero-order valence-electron chi connectivity index (χ0n) is 17.9. The number of nitrogens with zero attached hydrogens (tertiary/aromatic N) is 5. The molecular weight excluding hydrogens is 454 g/mol. The molecule has 2 N–H and O–H groups in total. The third kappa shape index (κ3) is 3.56. The van der Waals surface area contributed by atoms with Gasteiger partial charge in [-0.15, -0.1) is 0 Å². The van der Waals surface area contributed by atoms with Crippen molar-refractivity contribution in [2.24, 2.45) is 0 Å². The van der Waals surface area contributed by atoms with Crippen LogP contribution < -0.4 is 10.1 Å². The van der Waals surface area contributed by atoms with Crippen LogP contribution in [0.5, 0.6) is 6.01 Å². The molecule has 0 atom stereocenters. The molecule has 12 heteroatoms. The second-order valence-electron chi connectivity index (χ2n) is 7.38. The molecule has 174 valence electrons. The van der Waals surface area contributed by atoms with Crippen LogP contribution in [0.3, 0.4) is 0 Å². The third-order valence-corrected chi connectivity index (χ3v) is 5.26. The van der Waals surface area contributed by atoms with Gasteiger partial charge in [0.1, 0.15) is 11.5 Å². The molecule has 4 aromatic heterocycles. The van der Waals surface area contributed by atoms with Crippen molar-refractivity contribution in [2.45, 2.75) is 13.1 Å². The lowest BCUT2D eigenvalue weighted by Crippen LogP contribution is -2.08. The van der Waals surface area contributed by atoms with Gasteiger partial charge in [-0.1, -0.05) is 0 Å². The van der Waals surface area contributed by atoms with Gasteiger partial charge in [-0.25, -0.2) is 24.0 Å². The van der Waals surface area contributed by atoms with E-state index in [1.807, 2.05) is 6.92 Å². The first kappa shape index (κ1) is 21.6. The van der Waals surface area contributed by atoms with Gasteiger partial charge in [0, 0.05) is 47.8 Å². The van der Waals surface area contributed by atoms with Crippen LogP contribution in [0.2, 0.25) is 0 Å². The van der Waals surface area contributed by atoms with Crippen LogP contribution in [-0.4, -0.2) is 43.4 Å². The van der Waals surface area contributed by atoms with Crippen molar-refractivity contribution >= 4 is 27.6 Å². The van der Waals surface area contributed by atoms with Crippen molar-refractivity contribution in [3.05, 3.63) is 54.5 Å². The largest absolute Gasteiger partial charge is 0.467 e. The van der Waals surface area contributed by atoms with Crippen molar-refractivity contribution in [1.29, 1.82) is 0 Å². The molecule has 0 fully saturated rings. The van der Waals surface area contributed by atoms with Gasteiger partial charge in [-0.2, -0.15) is 18.3 Å². The van der Waals surface area contributed by atoms with Gasteiger partial charge < -0.3 is 15.0 Å². The zero-order valence-corrected chi connectivity index (χ0v) is 17.9. The molecule has 34 heavy (non-hydrogen) atoms. The average Bonchev–Trinajstić information content (AvgIpc) is 3.44. The molecular formula is C22H17F4N7O. The number of pyridine rings is 1. The Morgan fingerprint density at radius 1 is 1.12 bits per heavy atom. The quantitative estimate of drug-likeness (QED) is 0.352. The number of aromatic amines is 1. The fourth-order valence-corrected chi connectivity index (χ4v) is 3.85. The molecule has 4 heterocycles. The molecule has 0 unspecified atom stereocenters. The summed E-state index contributed by atoms with van der Waals surface area (Å²) in [5.74, 6) is -0.509. The van der Waals surface area contributed by atoms with Gasteiger partial charge in [-0.05, 0) is 25.1 Å². The van der Waals surface area contributed by atoms with Crippen LogP contribution >= 0.6 is 0 Å². The van der Waals surface area contributed by atoms with Gasteiger partial charge in [0.05, 0.1) is 29.4 Å². The standard InChI is InChI=1S/C22H17F4N7O/c1-3-27-15-7-12(23)6-13-17-19(33-5-4-16(32-33)22(24,25)26)14(10-28-20(17)31-18(13)15)11-8-29-21(34-2)30-9-11/h4-10,27H,3H2,1-2H3,(H,28,31). The maximum atomic E-state index is 14.5. The monoisotopic (exact) mass is 471 g/mol. The molecule has 0 aliphatic carbocycles. The van der Waals surface area contributed by atoms with E-state index in [9.17, 15) is 17.6 Å². The summed E-state index contributed by atoms with van der Waals surface area (Å²) in [6.07, 6.45) is 0.980. The number of alkyl halides is 3. The molecule has 5 aromatic rings. The number of halogens is 4. The minimum absolute atomic E-state index is 0.127. The van der Waals surface area contributed by atoms with Crippen molar-refractivity contribution in [1.82, 2.24) is 29.7 Å². The zero-order chi connectivity index (χ0) is 24.0. The Labute approximate surface area is 189 Å². The van der Waals surface area contributed by atoms with Gasteiger partial charge in [0.2, 0.25) is 0 Å². The van der Waals surface area contributed by atoms with Gasteiger partial charge in [-0.3, -0.25) is 0 Å². The Hall–Kier alpha value is -4.22. The lowest BCUT2D eigenvalue weighted by molar-refractivity contribution is -0.141. The highest BCUT2D eigenvalue weighted by Crippen LogP contribution is 2.39. The molecule has 0 radical (unpaired) electrons. The summed E-state index contributed by atoms with van der Waals surface area (Å²) in [7, 11) is 1.42. The molecule has 0 saturated carbocycles. The normalized spacial score (nSPS) is 11.9. The van der Waals surface area contributed by atoms with Crippen molar-refractivity contribution in [3.8, 4) is 22.8 Å². The highest BCUT2D eigenvalue weighted by molar-refractivity contribution is 6.15. The minimum Gasteiger partial charge on any atom is -0.467 e. The summed E-state index contributed by atoms with van der Waals surface area (Å²) in [5, 5.41) is 7.70. The van der Waals surface area contributed by atoms with Gasteiger partial charge in [0.25, 0.3) is 0 Å². The molecule has 5 rings (SSSR count). The molecule has 0 amide bonds. The minimum atomic E-state index is -4.63. The summed E-state index contributed by atoms with van der Waals surface area (Å²) in [5.41, 5.74) is 1.51. The van der Waals surface area contributed by atoms with Crippen LogP contribution in [0.15, 0.2) is 43.0 Å². The van der Waals surface area contributed by atoms with Gasteiger partial charge >= 0.3 is 12.2 Å². The fourth-order valence-electron chi connectivity index (χ4n) is 3.85. The molecule has 1 aromatic carbocycles. The Bertz CT molecular complexity index is 1510. The molecule has 0 saturated heterocycles. The first-order valence-corrected chi connectivity index (χ1v) is 10.2. The molecule has 0 aliphatic rings. The number of ether oxygens (including phenoxy) is 1. The van der Waals surface area contributed by atoms with Crippen molar-refractivity contribution < 1.29 is 22.3 Å². The van der Waals surface area contributed by atoms with E-state index >= 15 is 0 Å². The number of rotatable bonds is 5. The molecule has 0 bridgehead atoms. The Balaban J connectivity index is 1.87. The summed E-state index contributed by atoms with van der Waals surface area (Å²) in [6, 6.07) is 3.65. The second kappa shape index (κ2) is 7.97. The molecule has 0 aliphatic heterocycles. The maximum Gasteiger partial charge on any atom is 0.435 e. The summed E-state index contributed by atoms with van der Waals surface area (Å²) in [4.78, 5) is 15.8. The van der Waals surface area contributed by atoms with Gasteiger partial charge in [0.15, 0.2) is 5.69 Å². The van der Waals surface area contributed by atoms with E-state index in [1.165, 1.54) is 44.0 Å². The van der Waals surface area contributed by atoms with Crippen LogP contribution in [0, 0.1) is 5.82 Å². The van der Waals surface area contributed by atoms with E-state index in [-0.39, 0.29) is 11.7 Å². The number of aromatic nitrogens is 6. The van der Waals surface area contributed by atoms with E-state index < -0.39 is 17.7 Å². The molecule has 0 spiro atoms. The lowest BCUT2D eigenvalue weighted by Gasteiger charge is -2.12. The number of anilines is 1. The maximum absolute atomic E-state index is 14.5. The van der Waals surface area contributed by atoms with E-state index in [0.29, 0.717) is 45.3 Å². The van der Waals surface area contributed by atoms with Crippen LogP contribution in [0.25, 0.3) is 38.8 Å². The Morgan fingerprint density at radius 3 is 2.53 bits per heavy atom. The van der Waals surface area contributed by atoms with E-state index in [0.717, 1.165) is 10.7 Å². The smallest absolute Gasteiger partial charge is 0.435 e. The van der Waals surface area contributed by atoms with Crippen molar-refractivity contribution in [2.75, 3.05) is 19.0 Å². The number of hydrogen-bond acceptors (Lipinski definition) is 6. The Morgan fingerprint density at radius 2 is 1.88 bits per heavy atom. The van der Waals surface area contributed by atoms with E-state index in [2.05, 4.69) is 30.4 Å². The predicted octanol–water partition coefficient (Wildman–Crippen LogP) is 4.96. The number of H-pyrrole nitrogens is 1. The summed E-state index contributed by atoms with van der Waals surface area (Å²) < 4.78 is 60.7. The van der Waals surface area contributed by atoms with Crippen LogP contribution in [-0.2, 0) is 6.18 Å². The Kier molecular flexibility index (Phi) is 5.07. The fraction of sp³-hybridized carbons (Fsp3) is 0.182. The first-order chi connectivity index (χ1) is 16.3. The highest BCUT2D eigenvalue weighted by Gasteiger charge is 2.34. The number of benzene rings is 1. The lowest BCUT2D eigenvalue weighted by atomic mass is 10.0. The predicted molar refractivity (Wildman–Crippen MR) is 117 cm³/mol. The highest BCUT2D eigenvalue weighted by atomic mass is 19.4. The van der Waals surface area contributed by atoms with E-state index in [4.69, 9.17) is 4.74 Å². The number of methoxy groups -OCH3 is 1. The summed E-state index contributed by atoms with van der Waals surface area (Å²) in [6.45, 7) is 2.41. The topological polar surface area (TPSA) is 93.5 Å². The number of fused-ring (bicyclic) bond motifs is 3. The SMILES string of the molecule is CCNc1cc(F)cc2c1[nH]c1ncc(-c3cnc(OC)nc3)c(-n3ccc(C(F)(F)F)n3)c12. The summed E-state index contributed by atoms with van der Waals surface area (Å²) >= 11 is 0. The van der Waals surface area contributed by atoms with Crippen LogP contribution in [0.1, 0.15) is 12.6 Å². The number of nitrogens with one attached hydrogen (secondary N) is 2. The van der Waals surface area contributed by atoms with Crippen LogP contribution in [0.4, 0.5) is 23.2 Å². The van der Waals surface area contributed by atoms with E-state index in [1.54, 1.807) is 0 Å². The van der Waals surface area contributed by atoms with Crippen molar-refractivity contribution in [3.63, 3.8) is 0 Å². The number of hydrogen-bond donors (Lipinski definition) is 2. The first-order valence-electron chi connectivity index (χ1n) is 10.2.